The summed E-state index contributed by atoms with van der Waals surface area (Å²) in [5.74, 6) is 0.891. The number of benzene rings is 2. The average molecular weight is 331 g/mol. The SMILES string of the molecule is Cl.c1ccc2cc(CN(CC3CCNCC3)C3CC3)ccc2c1. The van der Waals surface area contributed by atoms with Gasteiger partial charge in [-0.05, 0) is 67.1 Å². The smallest absolute Gasteiger partial charge is 0.0237 e. The van der Waals surface area contributed by atoms with Crippen LogP contribution in [-0.4, -0.2) is 30.6 Å². The van der Waals surface area contributed by atoms with E-state index in [0.717, 1.165) is 18.5 Å². The zero-order chi connectivity index (χ0) is 14.8. The summed E-state index contributed by atoms with van der Waals surface area (Å²) in [4.78, 5) is 2.75. The molecule has 1 aliphatic carbocycles. The maximum atomic E-state index is 3.48. The van der Waals surface area contributed by atoms with Crippen molar-refractivity contribution in [2.24, 2.45) is 5.92 Å². The predicted molar refractivity (Wildman–Crippen MR) is 100 cm³/mol. The van der Waals surface area contributed by atoms with Gasteiger partial charge in [0.2, 0.25) is 0 Å². The van der Waals surface area contributed by atoms with Crippen LogP contribution in [0.5, 0.6) is 0 Å². The lowest BCUT2D eigenvalue weighted by Crippen LogP contribution is -2.37. The van der Waals surface area contributed by atoms with Gasteiger partial charge in [0.25, 0.3) is 0 Å². The molecular formula is C20H27ClN2. The van der Waals surface area contributed by atoms with Crippen LogP contribution in [-0.2, 0) is 6.54 Å². The summed E-state index contributed by atoms with van der Waals surface area (Å²) in [5, 5.41) is 6.21. The second kappa shape index (κ2) is 7.65. The number of nitrogens with one attached hydrogen (secondary N) is 1. The number of rotatable bonds is 5. The van der Waals surface area contributed by atoms with E-state index in [9.17, 15) is 0 Å². The highest BCUT2D eigenvalue weighted by atomic mass is 35.5. The zero-order valence-electron chi connectivity index (χ0n) is 13.7. The third-order valence-corrected chi connectivity index (χ3v) is 5.21. The largest absolute Gasteiger partial charge is 0.317 e. The summed E-state index contributed by atoms with van der Waals surface area (Å²) in [6, 6.07) is 16.5. The van der Waals surface area contributed by atoms with E-state index in [1.54, 1.807) is 0 Å². The topological polar surface area (TPSA) is 15.3 Å². The molecule has 1 N–H and O–H groups in total. The van der Waals surface area contributed by atoms with Gasteiger partial charge in [-0.2, -0.15) is 0 Å². The van der Waals surface area contributed by atoms with E-state index in [0.29, 0.717) is 0 Å². The molecule has 1 saturated heterocycles. The van der Waals surface area contributed by atoms with Crippen molar-refractivity contribution >= 4 is 23.2 Å². The van der Waals surface area contributed by atoms with Crippen molar-refractivity contribution in [1.29, 1.82) is 0 Å². The molecule has 0 bridgehead atoms. The summed E-state index contributed by atoms with van der Waals surface area (Å²) >= 11 is 0. The third kappa shape index (κ3) is 4.26. The number of fused-ring (bicyclic) bond motifs is 1. The first kappa shape index (κ1) is 16.8. The van der Waals surface area contributed by atoms with Crippen molar-refractivity contribution in [3.8, 4) is 0 Å². The molecule has 1 saturated carbocycles. The molecule has 2 nitrogen and oxygen atoms in total. The molecule has 2 aliphatic rings. The molecule has 1 heterocycles. The highest BCUT2D eigenvalue weighted by Crippen LogP contribution is 2.30. The highest BCUT2D eigenvalue weighted by Gasteiger charge is 2.30. The molecule has 2 aromatic rings. The van der Waals surface area contributed by atoms with Crippen LogP contribution < -0.4 is 5.32 Å². The van der Waals surface area contributed by atoms with Crippen molar-refractivity contribution in [2.75, 3.05) is 19.6 Å². The van der Waals surface area contributed by atoms with Gasteiger partial charge in [0.05, 0.1) is 0 Å². The number of halogens is 1. The minimum absolute atomic E-state index is 0. The summed E-state index contributed by atoms with van der Waals surface area (Å²) in [7, 11) is 0. The fourth-order valence-corrected chi connectivity index (χ4v) is 3.75. The molecule has 0 radical (unpaired) electrons. The van der Waals surface area contributed by atoms with Gasteiger partial charge in [-0.3, -0.25) is 4.90 Å². The summed E-state index contributed by atoms with van der Waals surface area (Å²) in [6.07, 6.45) is 5.50. The minimum Gasteiger partial charge on any atom is -0.317 e. The van der Waals surface area contributed by atoms with Crippen molar-refractivity contribution in [3.63, 3.8) is 0 Å². The lowest BCUT2D eigenvalue weighted by Gasteiger charge is -2.30. The van der Waals surface area contributed by atoms with Gasteiger partial charge in [0.15, 0.2) is 0 Å². The molecule has 0 unspecified atom stereocenters. The van der Waals surface area contributed by atoms with E-state index in [1.807, 2.05) is 0 Å². The van der Waals surface area contributed by atoms with Gasteiger partial charge in [-0.25, -0.2) is 0 Å². The molecule has 0 aromatic heterocycles. The Balaban J connectivity index is 0.00000156. The van der Waals surface area contributed by atoms with Gasteiger partial charge >= 0.3 is 0 Å². The summed E-state index contributed by atoms with van der Waals surface area (Å²) in [5.41, 5.74) is 1.47. The van der Waals surface area contributed by atoms with Crippen LogP contribution in [0.1, 0.15) is 31.2 Å². The quantitative estimate of drug-likeness (QED) is 0.882. The molecule has 23 heavy (non-hydrogen) atoms. The second-order valence-electron chi connectivity index (χ2n) is 7.04. The maximum absolute atomic E-state index is 3.48. The Morgan fingerprint density at radius 3 is 2.39 bits per heavy atom. The van der Waals surface area contributed by atoms with Crippen LogP contribution >= 0.6 is 12.4 Å². The first-order valence-electron chi connectivity index (χ1n) is 8.81. The maximum Gasteiger partial charge on any atom is 0.0237 e. The molecule has 0 amide bonds. The van der Waals surface area contributed by atoms with Crippen LogP contribution in [0.4, 0.5) is 0 Å². The van der Waals surface area contributed by atoms with Crippen molar-refractivity contribution in [2.45, 2.75) is 38.3 Å². The van der Waals surface area contributed by atoms with Crippen molar-refractivity contribution in [1.82, 2.24) is 10.2 Å². The fraction of sp³-hybridized carbons (Fsp3) is 0.500. The third-order valence-electron chi connectivity index (χ3n) is 5.21. The van der Waals surface area contributed by atoms with E-state index in [-0.39, 0.29) is 12.4 Å². The van der Waals surface area contributed by atoms with Gasteiger partial charge in [0.1, 0.15) is 0 Å². The monoisotopic (exact) mass is 330 g/mol. The van der Waals surface area contributed by atoms with Crippen LogP contribution in [0.2, 0.25) is 0 Å². The fourth-order valence-electron chi connectivity index (χ4n) is 3.75. The van der Waals surface area contributed by atoms with Gasteiger partial charge in [0, 0.05) is 19.1 Å². The Bertz CT molecular complexity index is 632. The highest BCUT2D eigenvalue weighted by molar-refractivity contribution is 5.85. The van der Waals surface area contributed by atoms with E-state index in [1.165, 1.54) is 61.7 Å². The number of hydrogen-bond donors (Lipinski definition) is 1. The number of hydrogen-bond acceptors (Lipinski definition) is 2. The molecule has 4 rings (SSSR count). The van der Waals surface area contributed by atoms with E-state index in [2.05, 4.69) is 52.7 Å². The van der Waals surface area contributed by atoms with E-state index < -0.39 is 0 Å². The lowest BCUT2D eigenvalue weighted by atomic mass is 9.97. The summed E-state index contributed by atoms with van der Waals surface area (Å²) < 4.78 is 0. The molecule has 3 heteroatoms. The molecular weight excluding hydrogens is 304 g/mol. The summed E-state index contributed by atoms with van der Waals surface area (Å²) in [6.45, 7) is 4.83. The van der Waals surface area contributed by atoms with Crippen LogP contribution in [0.25, 0.3) is 10.8 Å². The molecule has 0 spiro atoms. The minimum atomic E-state index is 0. The van der Waals surface area contributed by atoms with Crippen molar-refractivity contribution in [3.05, 3.63) is 48.0 Å². The standard InChI is InChI=1S/C20H26N2.ClH/c1-2-4-19-13-17(5-6-18(19)3-1)15-22(20-7-8-20)14-16-9-11-21-12-10-16;/h1-6,13,16,20-21H,7-12,14-15H2;1H. The molecule has 0 atom stereocenters. The first-order valence-corrected chi connectivity index (χ1v) is 8.81. The van der Waals surface area contributed by atoms with Crippen LogP contribution in [0, 0.1) is 5.92 Å². The molecule has 2 fully saturated rings. The number of piperidine rings is 1. The van der Waals surface area contributed by atoms with E-state index >= 15 is 0 Å². The zero-order valence-corrected chi connectivity index (χ0v) is 14.5. The Hall–Kier alpha value is -1.09. The normalized spacial score (nSPS) is 19.0. The van der Waals surface area contributed by atoms with E-state index in [4.69, 9.17) is 0 Å². The predicted octanol–water partition coefficient (Wildman–Crippen LogP) is 4.23. The molecule has 124 valence electrons. The first-order chi connectivity index (χ1) is 10.9. The Kier molecular flexibility index (Phi) is 5.58. The number of nitrogens with zero attached hydrogens (tertiary/aromatic N) is 1. The second-order valence-corrected chi connectivity index (χ2v) is 7.04. The Labute approximate surface area is 145 Å². The lowest BCUT2D eigenvalue weighted by molar-refractivity contribution is 0.190. The van der Waals surface area contributed by atoms with Crippen molar-refractivity contribution < 1.29 is 0 Å². The van der Waals surface area contributed by atoms with Gasteiger partial charge in [-0.15, -0.1) is 12.4 Å². The average Bonchev–Trinajstić information content (AvgIpc) is 3.40. The molecule has 2 aromatic carbocycles. The van der Waals surface area contributed by atoms with Crippen LogP contribution in [0.15, 0.2) is 42.5 Å². The van der Waals surface area contributed by atoms with Gasteiger partial charge < -0.3 is 5.32 Å². The molecule has 1 aliphatic heterocycles. The van der Waals surface area contributed by atoms with Crippen LogP contribution in [0.3, 0.4) is 0 Å². The Morgan fingerprint density at radius 2 is 1.65 bits per heavy atom. The Morgan fingerprint density at radius 1 is 0.913 bits per heavy atom. The van der Waals surface area contributed by atoms with Gasteiger partial charge in [-0.1, -0.05) is 36.4 Å².